The second-order valence-corrected chi connectivity index (χ2v) is 8.01. The second-order valence-electron chi connectivity index (χ2n) is 7.13. The van der Waals surface area contributed by atoms with Crippen molar-refractivity contribution in [3.05, 3.63) is 60.7 Å². The molecule has 0 aliphatic rings. The fraction of sp³-hybridized carbons (Fsp3) is 0.200. The lowest BCUT2D eigenvalue weighted by Crippen LogP contribution is -2.35. The van der Waals surface area contributed by atoms with Gasteiger partial charge in [-0.2, -0.15) is 0 Å². The normalized spacial score (nSPS) is 11.3. The van der Waals surface area contributed by atoms with Crippen LogP contribution in [0.2, 0.25) is 0 Å². The third-order valence-corrected chi connectivity index (χ3v) is 5.88. The minimum atomic E-state index is -0.270. The SMILES string of the molecule is C#CCN(c1ccc(NSc2ccc(NC=O)cc2)c2ccccc12)C(C)CC(=O)OC. The first-order valence-corrected chi connectivity index (χ1v) is 10.9. The van der Waals surface area contributed by atoms with Gasteiger partial charge in [0.1, 0.15) is 0 Å². The Morgan fingerprint density at radius 3 is 2.53 bits per heavy atom. The van der Waals surface area contributed by atoms with Crippen molar-refractivity contribution in [1.29, 1.82) is 0 Å². The predicted molar refractivity (Wildman–Crippen MR) is 132 cm³/mol. The smallest absolute Gasteiger partial charge is 0.307 e. The van der Waals surface area contributed by atoms with E-state index in [2.05, 4.69) is 33.0 Å². The average molecular weight is 448 g/mol. The third kappa shape index (κ3) is 5.54. The lowest BCUT2D eigenvalue weighted by atomic mass is 10.0. The molecule has 6 nitrogen and oxygen atoms in total. The van der Waals surface area contributed by atoms with Gasteiger partial charge in [-0.1, -0.05) is 30.2 Å². The Morgan fingerprint density at radius 2 is 1.88 bits per heavy atom. The highest BCUT2D eigenvalue weighted by Crippen LogP contribution is 2.35. The number of nitrogens with one attached hydrogen (secondary N) is 2. The van der Waals surface area contributed by atoms with Crippen molar-refractivity contribution in [3.63, 3.8) is 0 Å². The number of anilines is 3. The molecule has 0 aromatic heterocycles. The summed E-state index contributed by atoms with van der Waals surface area (Å²) < 4.78 is 8.25. The van der Waals surface area contributed by atoms with Gasteiger partial charge >= 0.3 is 5.97 Å². The summed E-state index contributed by atoms with van der Waals surface area (Å²) in [7, 11) is 1.39. The molecular formula is C25H25N3O3S. The number of terminal acetylenes is 1. The zero-order valence-corrected chi connectivity index (χ0v) is 18.8. The van der Waals surface area contributed by atoms with E-state index < -0.39 is 0 Å². The summed E-state index contributed by atoms with van der Waals surface area (Å²) in [5.41, 5.74) is 2.68. The van der Waals surface area contributed by atoms with Gasteiger partial charge in [0.05, 0.1) is 25.8 Å². The van der Waals surface area contributed by atoms with Crippen LogP contribution in [0.3, 0.4) is 0 Å². The van der Waals surface area contributed by atoms with Gasteiger partial charge < -0.3 is 19.7 Å². The van der Waals surface area contributed by atoms with Crippen molar-refractivity contribution < 1.29 is 14.3 Å². The first-order chi connectivity index (χ1) is 15.6. The summed E-state index contributed by atoms with van der Waals surface area (Å²) in [6.07, 6.45) is 6.54. The lowest BCUT2D eigenvalue weighted by molar-refractivity contribution is -0.140. The largest absolute Gasteiger partial charge is 0.469 e. The molecule has 1 unspecified atom stereocenters. The van der Waals surface area contributed by atoms with Gasteiger partial charge in [0, 0.05) is 33.1 Å². The number of fused-ring (bicyclic) bond motifs is 1. The maximum absolute atomic E-state index is 11.8. The number of carbonyl (C=O) groups is 2. The van der Waals surface area contributed by atoms with E-state index in [0.717, 1.165) is 32.7 Å². The fourth-order valence-corrected chi connectivity index (χ4v) is 4.11. The summed E-state index contributed by atoms with van der Waals surface area (Å²) in [6.45, 7) is 2.35. The summed E-state index contributed by atoms with van der Waals surface area (Å²) in [5.74, 6) is 2.43. The maximum atomic E-state index is 11.8. The Hall–Kier alpha value is -3.63. The summed E-state index contributed by atoms with van der Waals surface area (Å²) >= 11 is 1.48. The number of esters is 1. The quantitative estimate of drug-likeness (QED) is 0.199. The Morgan fingerprint density at radius 1 is 1.16 bits per heavy atom. The Kier molecular flexibility index (Phi) is 8.01. The van der Waals surface area contributed by atoms with Crippen molar-refractivity contribution >= 4 is 52.2 Å². The molecule has 3 aromatic carbocycles. The minimum absolute atomic E-state index is 0.117. The minimum Gasteiger partial charge on any atom is -0.469 e. The molecule has 7 heteroatoms. The van der Waals surface area contributed by atoms with Crippen LogP contribution in [0.25, 0.3) is 10.8 Å². The summed E-state index contributed by atoms with van der Waals surface area (Å²) in [4.78, 5) is 25.4. The molecule has 0 aliphatic carbocycles. The lowest BCUT2D eigenvalue weighted by Gasteiger charge is -2.30. The van der Waals surface area contributed by atoms with E-state index in [0.29, 0.717) is 13.0 Å². The van der Waals surface area contributed by atoms with Gasteiger partial charge in [-0.3, -0.25) is 9.59 Å². The highest BCUT2D eigenvalue weighted by atomic mass is 32.2. The van der Waals surface area contributed by atoms with Gasteiger partial charge in [-0.25, -0.2) is 0 Å². The molecule has 164 valence electrons. The highest BCUT2D eigenvalue weighted by Gasteiger charge is 2.20. The van der Waals surface area contributed by atoms with E-state index >= 15 is 0 Å². The van der Waals surface area contributed by atoms with Crippen LogP contribution in [-0.4, -0.2) is 32.1 Å². The van der Waals surface area contributed by atoms with Crippen LogP contribution in [0.5, 0.6) is 0 Å². The van der Waals surface area contributed by atoms with Crippen molar-refractivity contribution in [3.8, 4) is 12.3 Å². The molecule has 0 spiro atoms. The summed E-state index contributed by atoms with van der Waals surface area (Å²) in [6, 6.07) is 19.6. The van der Waals surface area contributed by atoms with E-state index in [1.807, 2.05) is 55.5 Å². The van der Waals surface area contributed by atoms with Gasteiger partial charge in [0.15, 0.2) is 0 Å². The van der Waals surface area contributed by atoms with Gasteiger partial charge in [0.2, 0.25) is 6.41 Å². The topological polar surface area (TPSA) is 70.7 Å². The highest BCUT2D eigenvalue weighted by molar-refractivity contribution is 8.00. The predicted octanol–water partition coefficient (Wildman–Crippen LogP) is 4.92. The molecule has 0 saturated carbocycles. The van der Waals surface area contributed by atoms with E-state index in [1.165, 1.54) is 19.1 Å². The monoisotopic (exact) mass is 447 g/mol. The summed E-state index contributed by atoms with van der Waals surface area (Å²) in [5, 5.41) is 4.71. The Labute approximate surface area is 192 Å². The van der Waals surface area contributed by atoms with Crippen molar-refractivity contribution in [2.45, 2.75) is 24.3 Å². The van der Waals surface area contributed by atoms with E-state index in [9.17, 15) is 9.59 Å². The van der Waals surface area contributed by atoms with Crippen LogP contribution in [-0.2, 0) is 14.3 Å². The average Bonchev–Trinajstić information content (AvgIpc) is 2.82. The van der Waals surface area contributed by atoms with Crippen LogP contribution in [0, 0.1) is 12.3 Å². The molecule has 3 aromatic rings. The molecule has 0 bridgehead atoms. The maximum Gasteiger partial charge on any atom is 0.307 e. The molecule has 0 heterocycles. The van der Waals surface area contributed by atoms with Crippen molar-refractivity contribution in [2.24, 2.45) is 0 Å². The number of methoxy groups -OCH3 is 1. The molecule has 0 radical (unpaired) electrons. The zero-order valence-electron chi connectivity index (χ0n) is 18.0. The number of carbonyl (C=O) groups excluding carboxylic acids is 2. The number of nitrogens with zero attached hydrogens (tertiary/aromatic N) is 1. The Balaban J connectivity index is 1.88. The molecule has 32 heavy (non-hydrogen) atoms. The number of ether oxygens (including phenoxy) is 1. The molecule has 2 N–H and O–H groups in total. The molecule has 3 rings (SSSR count). The van der Waals surface area contributed by atoms with Gasteiger partial charge in [-0.05, 0) is 55.3 Å². The van der Waals surface area contributed by atoms with E-state index in [4.69, 9.17) is 11.2 Å². The van der Waals surface area contributed by atoms with Crippen molar-refractivity contribution in [1.82, 2.24) is 0 Å². The van der Waals surface area contributed by atoms with Crippen LogP contribution in [0.4, 0.5) is 17.1 Å². The molecular weight excluding hydrogens is 422 g/mol. The van der Waals surface area contributed by atoms with Crippen LogP contribution in [0.15, 0.2) is 65.6 Å². The molecule has 0 aliphatic heterocycles. The second kappa shape index (κ2) is 11.1. The molecule has 0 fully saturated rings. The van der Waals surface area contributed by atoms with Crippen LogP contribution >= 0.6 is 11.9 Å². The first-order valence-electron chi connectivity index (χ1n) is 10.1. The van der Waals surface area contributed by atoms with E-state index in [1.54, 1.807) is 0 Å². The van der Waals surface area contributed by atoms with Crippen molar-refractivity contribution in [2.75, 3.05) is 28.6 Å². The van der Waals surface area contributed by atoms with E-state index in [-0.39, 0.29) is 18.4 Å². The number of benzene rings is 3. The zero-order chi connectivity index (χ0) is 22.9. The number of amides is 1. The third-order valence-electron chi connectivity index (χ3n) is 5.05. The first kappa shape index (κ1) is 23.0. The Bertz CT molecular complexity index is 1130. The fourth-order valence-electron chi connectivity index (χ4n) is 3.44. The number of hydrogen-bond acceptors (Lipinski definition) is 6. The van der Waals surface area contributed by atoms with Gasteiger partial charge in [0.25, 0.3) is 0 Å². The standard InChI is InChI=1S/C25H25N3O3S/c1-4-15-28(18(2)16-25(30)31-3)24-14-13-23(21-7-5-6-8-22(21)24)27-32-20-11-9-19(10-12-20)26-17-29/h1,5-14,17-18,27H,15-16H2,2-3H3,(H,26,29). The van der Waals surface area contributed by atoms with Gasteiger partial charge in [-0.15, -0.1) is 6.42 Å². The number of hydrogen-bond donors (Lipinski definition) is 2. The van der Waals surface area contributed by atoms with Crippen LogP contribution in [0.1, 0.15) is 13.3 Å². The van der Waals surface area contributed by atoms with Crippen LogP contribution < -0.4 is 14.9 Å². The number of rotatable bonds is 10. The molecule has 0 saturated heterocycles. The molecule has 1 atom stereocenters. The molecule has 1 amide bonds.